The predicted octanol–water partition coefficient (Wildman–Crippen LogP) is 2.42. The number of aromatic nitrogens is 4. The van der Waals surface area contributed by atoms with E-state index in [1.54, 1.807) is 12.4 Å². The largest absolute Gasteiger partial charge is 0.347 e. The summed E-state index contributed by atoms with van der Waals surface area (Å²) in [5, 5.41) is 7.24. The smallest absolute Gasteiger partial charge is 0.214 e. The zero-order chi connectivity index (χ0) is 24.8. The maximum atomic E-state index is 13.2. The van der Waals surface area contributed by atoms with E-state index in [4.69, 9.17) is 5.14 Å². The molecular formula is C23H32N6O4S2. The zero-order valence-electron chi connectivity index (χ0n) is 19.9. The van der Waals surface area contributed by atoms with E-state index < -0.39 is 20.0 Å². The number of nitrogens with zero attached hydrogens (tertiary/aromatic N) is 4. The van der Waals surface area contributed by atoms with Gasteiger partial charge in [0.2, 0.25) is 20.0 Å². The van der Waals surface area contributed by atoms with E-state index in [1.807, 2.05) is 13.0 Å². The number of aromatic amines is 1. The molecule has 0 radical (unpaired) electrons. The van der Waals surface area contributed by atoms with Gasteiger partial charge in [-0.1, -0.05) is 0 Å². The Kier molecular flexibility index (Phi) is 6.58. The van der Waals surface area contributed by atoms with E-state index in [2.05, 4.69) is 19.9 Å². The number of H-pyrrole nitrogens is 1. The standard InChI is InChI=1S/C23H32N6O4S2/c1-15-27-20-11-26-23-19(8-9-25-23)21(20)22(28-15)18-6-4-16(5-7-18)14-35(32,33)29-10-2-3-17(12-29)13-34(24,30)31/h8-9,11,16-18H,2-7,10,12-14H2,1H3,(H,27,28)(H2,24,30,31). The highest BCUT2D eigenvalue weighted by molar-refractivity contribution is 7.89. The first-order chi connectivity index (χ1) is 16.6. The Balaban J connectivity index is 1.28. The first kappa shape index (κ1) is 24.5. The molecule has 1 atom stereocenters. The Hall–Kier alpha value is -2.15. The zero-order valence-corrected chi connectivity index (χ0v) is 21.5. The van der Waals surface area contributed by atoms with Crippen LogP contribution in [-0.2, 0) is 20.0 Å². The van der Waals surface area contributed by atoms with Crippen LogP contribution in [0.15, 0.2) is 18.5 Å². The van der Waals surface area contributed by atoms with Crippen LogP contribution in [-0.4, -0.2) is 65.7 Å². The van der Waals surface area contributed by atoms with Crippen molar-refractivity contribution < 1.29 is 16.8 Å². The van der Waals surface area contributed by atoms with Crippen molar-refractivity contribution in [2.75, 3.05) is 24.6 Å². The Bertz CT molecular complexity index is 1450. The lowest BCUT2D eigenvalue weighted by Gasteiger charge is -2.34. The molecule has 3 N–H and O–H groups in total. The Morgan fingerprint density at radius 3 is 2.57 bits per heavy atom. The van der Waals surface area contributed by atoms with Gasteiger partial charge in [0, 0.05) is 35.8 Å². The summed E-state index contributed by atoms with van der Waals surface area (Å²) in [6.07, 6.45) is 8.31. The minimum atomic E-state index is -3.62. The first-order valence-electron chi connectivity index (χ1n) is 12.2. The van der Waals surface area contributed by atoms with Gasteiger partial charge in [-0.3, -0.25) is 0 Å². The number of hydrogen-bond donors (Lipinski definition) is 2. The number of nitrogens with one attached hydrogen (secondary N) is 1. The van der Waals surface area contributed by atoms with Crippen LogP contribution in [0.25, 0.3) is 21.9 Å². The SMILES string of the molecule is Cc1nc2cnc3nccc3c2c(C2CCC(CS(=O)(=O)N3CCCC(CS(N)(=O)=O)C3)CC2)[nH]1. The summed E-state index contributed by atoms with van der Waals surface area (Å²) in [5.41, 5.74) is 2.69. The van der Waals surface area contributed by atoms with Crippen LogP contribution in [0.5, 0.6) is 0 Å². The van der Waals surface area contributed by atoms with E-state index in [-0.39, 0.29) is 35.8 Å². The van der Waals surface area contributed by atoms with Crippen molar-refractivity contribution in [3.8, 4) is 0 Å². The number of nitrogens with two attached hydrogens (primary N) is 1. The van der Waals surface area contributed by atoms with Crippen LogP contribution in [0, 0.1) is 18.8 Å². The minimum Gasteiger partial charge on any atom is -0.347 e. The molecule has 1 saturated heterocycles. The molecule has 0 bridgehead atoms. The lowest BCUT2D eigenvalue weighted by molar-refractivity contribution is 0.276. The number of aryl methyl sites for hydroxylation is 1. The van der Waals surface area contributed by atoms with E-state index >= 15 is 0 Å². The van der Waals surface area contributed by atoms with Crippen LogP contribution in [0.2, 0.25) is 0 Å². The van der Waals surface area contributed by atoms with Crippen LogP contribution in [0.3, 0.4) is 0 Å². The van der Waals surface area contributed by atoms with Gasteiger partial charge in [-0.2, -0.15) is 0 Å². The lowest BCUT2D eigenvalue weighted by Crippen LogP contribution is -2.44. The van der Waals surface area contributed by atoms with Crippen molar-refractivity contribution in [1.82, 2.24) is 24.2 Å². The molecule has 1 unspecified atom stereocenters. The van der Waals surface area contributed by atoms with Crippen LogP contribution in [0.4, 0.5) is 0 Å². The third-order valence-electron chi connectivity index (χ3n) is 7.43. The molecule has 12 heteroatoms. The average Bonchev–Trinajstić information content (AvgIpc) is 3.27. The fourth-order valence-electron chi connectivity index (χ4n) is 5.85. The van der Waals surface area contributed by atoms with Gasteiger partial charge in [0.05, 0.1) is 23.2 Å². The molecule has 1 saturated carbocycles. The van der Waals surface area contributed by atoms with Crippen molar-refractivity contribution in [2.45, 2.75) is 51.4 Å². The van der Waals surface area contributed by atoms with Gasteiger partial charge in [-0.15, -0.1) is 0 Å². The molecule has 3 aromatic rings. The lowest BCUT2D eigenvalue weighted by atomic mass is 9.80. The highest BCUT2D eigenvalue weighted by Crippen LogP contribution is 2.40. The minimum absolute atomic E-state index is 0.0892. The molecule has 0 aromatic carbocycles. The van der Waals surface area contributed by atoms with Crippen LogP contribution in [0.1, 0.15) is 56.0 Å². The number of fused-ring (bicyclic) bond motifs is 3. The fraction of sp³-hybridized carbons (Fsp3) is 0.609. The quantitative estimate of drug-likeness (QED) is 0.506. The highest BCUT2D eigenvalue weighted by Gasteiger charge is 2.34. The Morgan fingerprint density at radius 1 is 1.06 bits per heavy atom. The van der Waals surface area contributed by atoms with Crippen molar-refractivity contribution in [3.05, 3.63) is 30.0 Å². The number of rotatable bonds is 6. The number of sulfonamides is 2. The van der Waals surface area contributed by atoms with E-state index in [1.165, 1.54) is 4.31 Å². The molecule has 2 fully saturated rings. The molecule has 190 valence electrons. The molecule has 2 aliphatic rings. The molecule has 0 amide bonds. The Labute approximate surface area is 205 Å². The molecule has 4 heterocycles. The predicted molar refractivity (Wildman–Crippen MR) is 135 cm³/mol. The topological polar surface area (TPSA) is 152 Å². The molecule has 3 aromatic heterocycles. The van der Waals surface area contributed by atoms with E-state index in [9.17, 15) is 16.8 Å². The monoisotopic (exact) mass is 520 g/mol. The second kappa shape index (κ2) is 9.38. The fourth-order valence-corrected chi connectivity index (χ4v) is 8.77. The maximum absolute atomic E-state index is 13.2. The van der Waals surface area contributed by atoms with Crippen molar-refractivity contribution in [3.63, 3.8) is 0 Å². The van der Waals surface area contributed by atoms with Gasteiger partial charge in [-0.05, 0) is 69.3 Å². The molecule has 1 aliphatic carbocycles. The normalized spacial score (nSPS) is 24.8. The number of hydrogen-bond acceptors (Lipinski definition) is 7. The van der Waals surface area contributed by atoms with Gasteiger partial charge in [0.25, 0.3) is 0 Å². The molecule has 0 spiro atoms. The maximum Gasteiger partial charge on any atom is 0.214 e. The number of piperidine rings is 1. The summed E-state index contributed by atoms with van der Waals surface area (Å²) in [4.78, 5) is 16.9. The summed E-state index contributed by atoms with van der Waals surface area (Å²) < 4.78 is 50.8. The van der Waals surface area contributed by atoms with Gasteiger partial charge < -0.3 is 4.98 Å². The van der Waals surface area contributed by atoms with Gasteiger partial charge in [-0.25, -0.2) is 41.2 Å². The van der Waals surface area contributed by atoms with E-state index in [0.717, 1.165) is 53.5 Å². The second-order valence-corrected chi connectivity index (χ2v) is 13.8. The third kappa shape index (κ3) is 5.35. The summed E-state index contributed by atoms with van der Waals surface area (Å²) >= 11 is 0. The van der Waals surface area contributed by atoms with Gasteiger partial charge in [0.15, 0.2) is 5.65 Å². The van der Waals surface area contributed by atoms with Crippen LogP contribution >= 0.6 is 0 Å². The van der Waals surface area contributed by atoms with Gasteiger partial charge >= 0.3 is 0 Å². The van der Waals surface area contributed by atoms with E-state index in [0.29, 0.717) is 25.0 Å². The second-order valence-electron chi connectivity index (χ2n) is 10.1. The van der Waals surface area contributed by atoms with Crippen molar-refractivity contribution >= 4 is 42.0 Å². The average molecular weight is 521 g/mol. The van der Waals surface area contributed by atoms with Crippen LogP contribution < -0.4 is 5.14 Å². The van der Waals surface area contributed by atoms with Crippen molar-refractivity contribution in [1.29, 1.82) is 0 Å². The summed E-state index contributed by atoms with van der Waals surface area (Å²) in [6, 6.07) is 1.97. The van der Waals surface area contributed by atoms with Gasteiger partial charge in [0.1, 0.15) is 5.82 Å². The highest BCUT2D eigenvalue weighted by atomic mass is 32.2. The number of pyridine rings is 1. The summed E-state index contributed by atoms with van der Waals surface area (Å²) in [7, 11) is -7.07. The molecular weight excluding hydrogens is 488 g/mol. The summed E-state index contributed by atoms with van der Waals surface area (Å²) in [5.74, 6) is 0.917. The first-order valence-corrected chi connectivity index (χ1v) is 15.5. The molecule has 35 heavy (non-hydrogen) atoms. The summed E-state index contributed by atoms with van der Waals surface area (Å²) in [6.45, 7) is 2.63. The molecule has 1 aliphatic heterocycles. The third-order valence-corrected chi connectivity index (χ3v) is 10.4. The Morgan fingerprint density at radius 2 is 1.83 bits per heavy atom. The number of primary sulfonamides is 1. The van der Waals surface area contributed by atoms with Crippen molar-refractivity contribution in [2.24, 2.45) is 17.0 Å². The molecule has 5 rings (SSSR count). The molecule has 10 nitrogen and oxygen atoms in total.